The third-order valence-electron chi connectivity index (χ3n) is 6.51. The fourth-order valence-electron chi connectivity index (χ4n) is 4.63. The summed E-state index contributed by atoms with van der Waals surface area (Å²) in [6, 6.07) is 12.3. The summed E-state index contributed by atoms with van der Waals surface area (Å²) < 4.78 is 5.14. The molecule has 0 bridgehead atoms. The summed E-state index contributed by atoms with van der Waals surface area (Å²) in [4.78, 5) is 40.2. The molecule has 34 heavy (non-hydrogen) atoms. The largest absolute Gasteiger partial charge is 0.496 e. The lowest BCUT2D eigenvalue weighted by molar-refractivity contribution is -0.384. The van der Waals surface area contributed by atoms with E-state index in [0.717, 1.165) is 24.8 Å². The van der Waals surface area contributed by atoms with Crippen LogP contribution in [0.25, 0.3) is 0 Å². The van der Waals surface area contributed by atoms with Crippen LogP contribution in [0.3, 0.4) is 0 Å². The molecule has 0 radical (unpaired) electrons. The predicted octanol–water partition coefficient (Wildman–Crippen LogP) is 2.42. The van der Waals surface area contributed by atoms with Crippen molar-refractivity contribution < 1.29 is 19.2 Å². The Bertz CT molecular complexity index is 1090. The molecule has 2 N–H and O–H groups in total. The number of methoxy groups -OCH3 is 1. The third-order valence-corrected chi connectivity index (χ3v) is 6.81. The van der Waals surface area contributed by atoms with Crippen molar-refractivity contribution in [2.45, 2.75) is 18.4 Å². The smallest absolute Gasteiger partial charge is 0.291 e. The van der Waals surface area contributed by atoms with E-state index >= 15 is 0 Å². The van der Waals surface area contributed by atoms with Crippen LogP contribution in [0.15, 0.2) is 42.5 Å². The van der Waals surface area contributed by atoms with Gasteiger partial charge >= 0.3 is 0 Å². The number of anilines is 1. The maximum atomic E-state index is 12.8. The molecule has 4 rings (SSSR count). The molecular formula is C23H26ClN5O5. The van der Waals surface area contributed by atoms with E-state index in [0.29, 0.717) is 32.6 Å². The quantitative estimate of drug-likeness (QED) is 0.455. The average Bonchev–Trinajstić information content (AvgIpc) is 3.15. The van der Waals surface area contributed by atoms with E-state index in [-0.39, 0.29) is 27.9 Å². The van der Waals surface area contributed by atoms with Crippen LogP contribution in [0.4, 0.5) is 11.4 Å². The molecule has 0 atom stereocenters. The number of nitro benzene ring substituents is 1. The van der Waals surface area contributed by atoms with Gasteiger partial charge in [-0.15, -0.1) is 0 Å². The fourth-order valence-corrected chi connectivity index (χ4v) is 4.86. The van der Waals surface area contributed by atoms with Gasteiger partial charge in [0.1, 0.15) is 16.3 Å². The first-order chi connectivity index (χ1) is 16.4. The Morgan fingerprint density at radius 1 is 1.26 bits per heavy atom. The monoisotopic (exact) mass is 487 g/mol. The molecule has 11 heteroatoms. The van der Waals surface area contributed by atoms with E-state index in [4.69, 9.17) is 16.3 Å². The van der Waals surface area contributed by atoms with Crippen LogP contribution in [0.1, 0.15) is 23.2 Å². The Kier molecular flexibility index (Phi) is 6.90. The number of para-hydroxylation sites is 1. The minimum atomic E-state index is -0.626. The highest BCUT2D eigenvalue weighted by atomic mass is 35.5. The molecule has 2 aromatic rings. The molecule has 2 amide bonds. The van der Waals surface area contributed by atoms with E-state index in [2.05, 4.69) is 20.4 Å². The molecule has 0 aliphatic carbocycles. The van der Waals surface area contributed by atoms with Crippen molar-refractivity contribution in [3.63, 3.8) is 0 Å². The average molecular weight is 488 g/mol. The number of benzene rings is 2. The molecule has 0 aromatic heterocycles. The number of likely N-dealkylation sites (tertiary alicyclic amines) is 1. The molecule has 2 aliphatic heterocycles. The summed E-state index contributed by atoms with van der Waals surface area (Å²) in [5.74, 6) is -0.277. The first-order valence-corrected chi connectivity index (χ1v) is 11.4. The van der Waals surface area contributed by atoms with Crippen molar-refractivity contribution in [2.24, 2.45) is 0 Å². The van der Waals surface area contributed by atoms with Gasteiger partial charge in [0, 0.05) is 31.9 Å². The third kappa shape index (κ3) is 4.51. The second-order valence-corrected chi connectivity index (χ2v) is 8.72. The SMILES string of the molecule is COc1cc([N+](=O)[O-])c(Cl)cc1C(=O)NCCN1CCC2(CC1)C(=O)NCN2c1ccccc1. The van der Waals surface area contributed by atoms with E-state index < -0.39 is 16.4 Å². The zero-order valence-electron chi connectivity index (χ0n) is 18.8. The number of nitrogens with zero attached hydrogens (tertiary/aromatic N) is 3. The zero-order chi connectivity index (χ0) is 24.3. The molecule has 180 valence electrons. The van der Waals surface area contributed by atoms with Gasteiger partial charge in [-0.3, -0.25) is 19.7 Å². The van der Waals surface area contributed by atoms with Crippen molar-refractivity contribution in [2.75, 3.05) is 44.9 Å². The number of piperidine rings is 1. The van der Waals surface area contributed by atoms with E-state index in [1.165, 1.54) is 13.2 Å². The maximum Gasteiger partial charge on any atom is 0.291 e. The van der Waals surface area contributed by atoms with Crippen LogP contribution < -0.4 is 20.3 Å². The minimum absolute atomic E-state index is 0.0615. The minimum Gasteiger partial charge on any atom is -0.496 e. The Hall–Kier alpha value is -3.37. The predicted molar refractivity (Wildman–Crippen MR) is 127 cm³/mol. The van der Waals surface area contributed by atoms with E-state index in [1.54, 1.807) is 0 Å². The molecule has 0 saturated carbocycles. The number of hydrogen-bond donors (Lipinski definition) is 2. The van der Waals surface area contributed by atoms with Gasteiger partial charge in [-0.1, -0.05) is 29.8 Å². The van der Waals surface area contributed by atoms with Gasteiger partial charge in [0.05, 0.1) is 30.3 Å². The summed E-state index contributed by atoms with van der Waals surface area (Å²) in [5, 5.41) is 16.7. The normalized spacial score (nSPS) is 17.5. The molecule has 10 nitrogen and oxygen atoms in total. The number of nitrogens with one attached hydrogen (secondary N) is 2. The van der Waals surface area contributed by atoms with Crippen LogP contribution in [0, 0.1) is 10.1 Å². The molecular weight excluding hydrogens is 462 g/mol. The lowest BCUT2D eigenvalue weighted by Crippen LogP contribution is -2.57. The van der Waals surface area contributed by atoms with E-state index in [1.807, 2.05) is 30.3 Å². The lowest BCUT2D eigenvalue weighted by atomic mass is 9.85. The zero-order valence-corrected chi connectivity index (χ0v) is 19.5. The summed E-state index contributed by atoms with van der Waals surface area (Å²) in [5.41, 5.74) is 0.288. The number of hydrogen-bond acceptors (Lipinski definition) is 7. The molecule has 2 heterocycles. The standard InChI is InChI=1S/C23H26ClN5O5/c1-34-20-14-19(29(32)33)18(24)13-17(20)21(30)25-9-12-27-10-7-23(8-11-27)22(31)26-15-28(23)16-5-3-2-4-6-16/h2-6,13-14H,7-12,15H2,1H3,(H,25,30)(H,26,31). The van der Waals surface area contributed by atoms with Crippen molar-refractivity contribution >= 4 is 34.8 Å². The highest BCUT2D eigenvalue weighted by molar-refractivity contribution is 6.33. The second-order valence-electron chi connectivity index (χ2n) is 8.32. The van der Waals surface area contributed by atoms with Crippen LogP contribution in [-0.4, -0.2) is 67.1 Å². The number of nitro groups is 1. The molecule has 2 aromatic carbocycles. The Morgan fingerprint density at radius 3 is 2.62 bits per heavy atom. The van der Waals surface area contributed by atoms with Gasteiger partial charge in [0.2, 0.25) is 5.91 Å². The van der Waals surface area contributed by atoms with Gasteiger partial charge in [-0.2, -0.15) is 0 Å². The number of carbonyl (C=O) groups excluding carboxylic acids is 2. The van der Waals surface area contributed by atoms with Crippen molar-refractivity contribution in [1.29, 1.82) is 0 Å². The van der Waals surface area contributed by atoms with Gasteiger partial charge in [-0.25, -0.2) is 0 Å². The first-order valence-electron chi connectivity index (χ1n) is 11.0. The van der Waals surface area contributed by atoms with Crippen molar-refractivity contribution in [3.8, 4) is 5.75 Å². The number of ether oxygens (including phenoxy) is 1. The highest BCUT2D eigenvalue weighted by Crippen LogP contribution is 2.36. The Balaban J connectivity index is 1.33. The van der Waals surface area contributed by atoms with Crippen LogP contribution in [0.2, 0.25) is 5.02 Å². The number of carbonyl (C=O) groups is 2. The van der Waals surface area contributed by atoms with Gasteiger partial charge < -0.3 is 25.2 Å². The Labute approximate surface area is 202 Å². The summed E-state index contributed by atoms with van der Waals surface area (Å²) in [6.45, 7) is 2.92. The fraction of sp³-hybridized carbons (Fsp3) is 0.391. The van der Waals surface area contributed by atoms with Crippen molar-refractivity contribution in [1.82, 2.24) is 15.5 Å². The van der Waals surface area contributed by atoms with Gasteiger partial charge in [0.25, 0.3) is 11.6 Å². The number of halogens is 1. The van der Waals surface area contributed by atoms with Crippen molar-refractivity contribution in [3.05, 3.63) is 63.2 Å². The Morgan fingerprint density at radius 2 is 1.97 bits per heavy atom. The molecule has 2 fully saturated rings. The van der Waals surface area contributed by atoms with Gasteiger partial charge in [-0.05, 0) is 31.0 Å². The number of rotatable bonds is 7. The number of amides is 2. The molecule has 2 saturated heterocycles. The molecule has 2 aliphatic rings. The van der Waals surface area contributed by atoms with Crippen LogP contribution in [0.5, 0.6) is 5.75 Å². The van der Waals surface area contributed by atoms with Crippen LogP contribution >= 0.6 is 11.6 Å². The highest BCUT2D eigenvalue weighted by Gasteiger charge is 2.50. The summed E-state index contributed by atoms with van der Waals surface area (Å²) in [7, 11) is 1.34. The molecule has 0 unspecified atom stereocenters. The van der Waals surface area contributed by atoms with E-state index in [9.17, 15) is 19.7 Å². The van der Waals surface area contributed by atoms with Crippen LogP contribution in [-0.2, 0) is 4.79 Å². The van der Waals surface area contributed by atoms with Gasteiger partial charge in [0.15, 0.2) is 0 Å². The summed E-state index contributed by atoms with van der Waals surface area (Å²) >= 11 is 5.96. The first kappa shape index (κ1) is 23.8. The maximum absolute atomic E-state index is 12.8. The summed E-state index contributed by atoms with van der Waals surface area (Å²) in [6.07, 6.45) is 1.38. The lowest BCUT2D eigenvalue weighted by Gasteiger charge is -2.43. The molecule has 1 spiro atoms. The second kappa shape index (κ2) is 9.86. The topological polar surface area (TPSA) is 117 Å².